The van der Waals surface area contributed by atoms with E-state index in [0.29, 0.717) is 18.9 Å². The molecule has 1 aromatic heterocycles. The molecule has 0 radical (unpaired) electrons. The number of hydrogen-bond donors (Lipinski definition) is 1. The Morgan fingerprint density at radius 3 is 2.61 bits per heavy atom. The van der Waals surface area contributed by atoms with Crippen LogP contribution >= 0.6 is 0 Å². The van der Waals surface area contributed by atoms with E-state index in [1.165, 1.54) is 32.4 Å². The summed E-state index contributed by atoms with van der Waals surface area (Å²) in [4.78, 5) is 24.8. The Morgan fingerprint density at radius 2 is 1.91 bits per heavy atom. The second kappa shape index (κ2) is 8.05. The summed E-state index contributed by atoms with van der Waals surface area (Å²) in [6.45, 7) is 2.20. The van der Waals surface area contributed by atoms with Crippen molar-refractivity contribution < 1.29 is 13.9 Å². The van der Waals surface area contributed by atoms with Crippen molar-refractivity contribution in [1.82, 2.24) is 14.9 Å². The predicted octanol–water partition coefficient (Wildman–Crippen LogP) is 4.34. The molecule has 0 saturated heterocycles. The minimum atomic E-state index is -0.350. The van der Waals surface area contributed by atoms with Gasteiger partial charge in [-0.15, -0.1) is 0 Å². The predicted molar refractivity (Wildman–Crippen MR) is 122 cm³/mol. The number of halogens is 1. The van der Waals surface area contributed by atoms with Gasteiger partial charge in [-0.05, 0) is 80.4 Å². The van der Waals surface area contributed by atoms with E-state index >= 15 is 0 Å². The molecule has 174 valence electrons. The molecule has 1 aliphatic heterocycles. The third-order valence-corrected chi connectivity index (χ3v) is 8.46. The number of aromatic nitrogens is 2. The molecule has 1 N–H and O–H groups in total. The summed E-state index contributed by atoms with van der Waals surface area (Å²) >= 11 is 0. The van der Waals surface area contributed by atoms with Crippen molar-refractivity contribution in [3.63, 3.8) is 0 Å². The summed E-state index contributed by atoms with van der Waals surface area (Å²) in [6, 6.07) is 5.00. The second-order valence-corrected chi connectivity index (χ2v) is 10.7. The molecule has 4 fully saturated rings. The average Bonchev–Trinajstić information content (AvgIpc) is 2.79. The first-order valence-electron chi connectivity index (χ1n) is 12.2. The zero-order valence-corrected chi connectivity index (χ0v) is 19.1. The third kappa shape index (κ3) is 3.80. The van der Waals surface area contributed by atoms with Crippen LogP contribution in [0.1, 0.15) is 55.3 Å². The number of carbonyl (C=O) groups is 1. The number of nitrogens with zero attached hydrogens (tertiary/aromatic N) is 3. The van der Waals surface area contributed by atoms with Gasteiger partial charge in [0, 0.05) is 25.2 Å². The normalized spacial score (nSPS) is 30.2. The lowest BCUT2D eigenvalue weighted by molar-refractivity contribution is -0.140. The summed E-state index contributed by atoms with van der Waals surface area (Å²) in [5.74, 6) is 3.01. The molecule has 33 heavy (non-hydrogen) atoms. The number of benzene rings is 1. The summed E-state index contributed by atoms with van der Waals surface area (Å²) in [5, 5.41) is 3.25. The highest BCUT2D eigenvalue weighted by atomic mass is 19.1. The van der Waals surface area contributed by atoms with Gasteiger partial charge in [-0.2, -0.15) is 0 Å². The summed E-state index contributed by atoms with van der Waals surface area (Å²) < 4.78 is 18.9. The molecule has 6 nitrogen and oxygen atoms in total. The Kier molecular flexibility index (Phi) is 5.13. The molecule has 4 aliphatic carbocycles. The van der Waals surface area contributed by atoms with Crippen LogP contribution in [-0.4, -0.2) is 34.4 Å². The van der Waals surface area contributed by atoms with Gasteiger partial charge < -0.3 is 10.1 Å². The van der Waals surface area contributed by atoms with Crippen LogP contribution in [0.15, 0.2) is 24.5 Å². The first-order valence-corrected chi connectivity index (χ1v) is 12.2. The molecule has 1 aromatic carbocycles. The molecule has 5 aliphatic rings. The molecule has 1 amide bonds. The van der Waals surface area contributed by atoms with E-state index in [4.69, 9.17) is 4.74 Å². The van der Waals surface area contributed by atoms with Crippen molar-refractivity contribution in [2.45, 2.75) is 58.0 Å². The maximum absolute atomic E-state index is 13.7. The van der Waals surface area contributed by atoms with Gasteiger partial charge >= 0.3 is 0 Å². The lowest BCUT2D eigenvalue weighted by Crippen LogP contribution is -2.52. The molecule has 2 aromatic rings. The fourth-order valence-electron chi connectivity index (χ4n) is 7.34. The van der Waals surface area contributed by atoms with E-state index in [1.54, 1.807) is 18.5 Å². The topological polar surface area (TPSA) is 67.3 Å². The van der Waals surface area contributed by atoms with E-state index in [9.17, 15) is 9.18 Å². The highest BCUT2D eigenvalue weighted by Crippen LogP contribution is 2.60. The summed E-state index contributed by atoms with van der Waals surface area (Å²) in [5.41, 5.74) is 2.84. The Hall–Kier alpha value is -2.54. The lowest BCUT2D eigenvalue weighted by atomic mass is 9.49. The molecule has 0 atom stereocenters. The SMILES string of the molecule is COc1cc(CN2CCc3c(ncnc3NC(=O)C34CC5CC(CC(C5)C3)C4)C2)ccc1F. The molecular weight excluding hydrogens is 419 g/mol. The maximum atomic E-state index is 13.7. The minimum Gasteiger partial charge on any atom is -0.494 e. The number of methoxy groups -OCH3 is 1. The Labute approximate surface area is 193 Å². The smallest absolute Gasteiger partial charge is 0.231 e. The van der Waals surface area contributed by atoms with Crippen LogP contribution in [0, 0.1) is 29.0 Å². The van der Waals surface area contributed by atoms with Crippen molar-refractivity contribution in [2.75, 3.05) is 19.0 Å². The van der Waals surface area contributed by atoms with Crippen LogP contribution in [-0.2, 0) is 24.3 Å². The minimum absolute atomic E-state index is 0.184. The zero-order valence-electron chi connectivity index (χ0n) is 19.1. The van der Waals surface area contributed by atoms with Crippen LogP contribution in [0.4, 0.5) is 10.2 Å². The van der Waals surface area contributed by atoms with E-state index in [0.717, 1.165) is 66.8 Å². The van der Waals surface area contributed by atoms with Crippen molar-refractivity contribution in [2.24, 2.45) is 23.2 Å². The first-order chi connectivity index (χ1) is 16.0. The van der Waals surface area contributed by atoms with Gasteiger partial charge in [-0.1, -0.05) is 6.07 Å². The molecule has 7 rings (SSSR count). The van der Waals surface area contributed by atoms with Gasteiger partial charge in [0.1, 0.15) is 12.1 Å². The second-order valence-electron chi connectivity index (χ2n) is 10.7. The van der Waals surface area contributed by atoms with Crippen molar-refractivity contribution in [3.05, 3.63) is 47.2 Å². The molecule has 4 saturated carbocycles. The standard InChI is InChI=1S/C26H31FN4O2/c1-33-23-9-16(2-3-21(23)27)13-31-5-4-20-22(14-31)28-15-29-24(20)30-25(32)26-10-17-6-18(11-26)8-19(7-17)12-26/h2-3,9,15,17-19H,4-8,10-14H2,1H3,(H,28,29,30,32). The number of hydrogen-bond acceptors (Lipinski definition) is 5. The van der Waals surface area contributed by atoms with Gasteiger partial charge in [0.25, 0.3) is 0 Å². The largest absolute Gasteiger partial charge is 0.494 e. The van der Waals surface area contributed by atoms with Gasteiger partial charge in [0.15, 0.2) is 11.6 Å². The fraction of sp³-hybridized carbons (Fsp3) is 0.577. The van der Waals surface area contributed by atoms with Crippen molar-refractivity contribution >= 4 is 11.7 Å². The number of nitrogens with one attached hydrogen (secondary N) is 1. The molecule has 4 bridgehead atoms. The summed E-state index contributed by atoms with van der Waals surface area (Å²) in [6.07, 6.45) is 9.47. The third-order valence-electron chi connectivity index (χ3n) is 8.46. The van der Waals surface area contributed by atoms with Crippen LogP contribution in [0.25, 0.3) is 0 Å². The maximum Gasteiger partial charge on any atom is 0.231 e. The van der Waals surface area contributed by atoms with Crippen LogP contribution in [0.3, 0.4) is 0 Å². The highest BCUT2D eigenvalue weighted by molar-refractivity contribution is 5.95. The van der Waals surface area contributed by atoms with Crippen LogP contribution in [0.5, 0.6) is 5.75 Å². The highest BCUT2D eigenvalue weighted by Gasteiger charge is 2.54. The van der Waals surface area contributed by atoms with Crippen molar-refractivity contribution in [1.29, 1.82) is 0 Å². The number of amides is 1. The Morgan fingerprint density at radius 1 is 1.18 bits per heavy atom. The van der Waals surface area contributed by atoms with Gasteiger partial charge in [0.05, 0.1) is 18.2 Å². The number of ether oxygens (including phenoxy) is 1. The molecule has 2 heterocycles. The van der Waals surface area contributed by atoms with E-state index in [1.807, 2.05) is 0 Å². The first kappa shape index (κ1) is 21.0. The number of fused-ring (bicyclic) bond motifs is 1. The van der Waals surface area contributed by atoms with E-state index < -0.39 is 0 Å². The van der Waals surface area contributed by atoms with E-state index in [2.05, 4.69) is 20.2 Å². The Bertz CT molecular complexity index is 1050. The van der Waals surface area contributed by atoms with Crippen LogP contribution in [0.2, 0.25) is 0 Å². The molecular formula is C26H31FN4O2. The van der Waals surface area contributed by atoms with Crippen molar-refractivity contribution in [3.8, 4) is 5.75 Å². The van der Waals surface area contributed by atoms with E-state index in [-0.39, 0.29) is 22.9 Å². The molecule has 0 spiro atoms. The van der Waals surface area contributed by atoms with Crippen LogP contribution < -0.4 is 10.1 Å². The van der Waals surface area contributed by atoms with Gasteiger partial charge in [0.2, 0.25) is 5.91 Å². The fourth-order valence-corrected chi connectivity index (χ4v) is 7.34. The van der Waals surface area contributed by atoms with Gasteiger partial charge in [-0.3, -0.25) is 9.69 Å². The average molecular weight is 451 g/mol. The molecule has 0 unspecified atom stereocenters. The zero-order chi connectivity index (χ0) is 22.6. The lowest BCUT2D eigenvalue weighted by Gasteiger charge is -2.55. The Balaban J connectivity index is 1.17. The molecule has 7 heteroatoms. The number of carbonyl (C=O) groups excluding carboxylic acids is 1. The quantitative estimate of drug-likeness (QED) is 0.734. The summed E-state index contributed by atoms with van der Waals surface area (Å²) in [7, 11) is 1.48. The van der Waals surface area contributed by atoms with Gasteiger partial charge in [-0.25, -0.2) is 14.4 Å². The monoisotopic (exact) mass is 450 g/mol. The number of rotatable bonds is 5. The number of anilines is 1.